The molecule has 3 aromatic heterocycles. The molecule has 0 fully saturated rings. The summed E-state index contributed by atoms with van der Waals surface area (Å²) in [7, 11) is 0. The monoisotopic (exact) mass is 558 g/mol. The summed E-state index contributed by atoms with van der Waals surface area (Å²) in [5, 5.41) is 16.0. The number of carboxylic acid groups (broad SMARTS) is 1. The average molecular weight is 559 g/mol. The van der Waals surface area contributed by atoms with Gasteiger partial charge in [-0.05, 0) is 50.5 Å². The molecule has 0 saturated heterocycles. The second-order valence-electron chi connectivity index (χ2n) is 9.07. The summed E-state index contributed by atoms with van der Waals surface area (Å²) in [6.07, 6.45) is 9.23. The third-order valence-corrected chi connectivity index (χ3v) is 7.86. The Labute approximate surface area is 231 Å². The maximum Gasteiger partial charge on any atom is 0.319 e. The van der Waals surface area contributed by atoms with E-state index >= 15 is 0 Å². The number of thioether (sulfide) groups is 1. The highest BCUT2D eigenvalue weighted by molar-refractivity contribution is 8.03. The molecule has 0 aliphatic carbocycles. The van der Waals surface area contributed by atoms with Crippen LogP contribution in [0.3, 0.4) is 0 Å². The predicted octanol–water partition coefficient (Wildman–Crippen LogP) is 5.62. The van der Waals surface area contributed by atoms with Crippen molar-refractivity contribution in [3.05, 3.63) is 76.8 Å². The van der Waals surface area contributed by atoms with Crippen molar-refractivity contribution in [1.82, 2.24) is 24.7 Å². The third kappa shape index (κ3) is 7.53. The number of halogens is 1. The van der Waals surface area contributed by atoms with Crippen LogP contribution in [0, 0.1) is 6.92 Å². The fraction of sp³-hybridized carbons (Fsp3) is 0.346. The molecule has 0 saturated carbocycles. The lowest BCUT2D eigenvalue weighted by molar-refractivity contribution is -0.138. The molecule has 1 N–H and O–H groups in total. The van der Waals surface area contributed by atoms with Gasteiger partial charge in [-0.2, -0.15) is 5.10 Å². The molecule has 0 bridgehead atoms. The topological polar surface area (TPSA) is 97.0 Å². The van der Waals surface area contributed by atoms with Gasteiger partial charge in [-0.15, -0.1) is 23.7 Å². The van der Waals surface area contributed by atoms with Gasteiger partial charge in [-0.3, -0.25) is 4.79 Å². The minimum Gasteiger partial charge on any atom is -0.480 e. The first-order chi connectivity index (χ1) is 17.2. The van der Waals surface area contributed by atoms with Gasteiger partial charge in [0.25, 0.3) is 0 Å². The fourth-order valence-corrected chi connectivity index (χ4v) is 5.70. The third-order valence-electron chi connectivity index (χ3n) is 5.68. The lowest BCUT2D eigenvalue weighted by Gasteiger charge is -2.21. The number of carbonyl (C=O) groups is 1. The number of benzene rings is 1. The van der Waals surface area contributed by atoms with Crippen LogP contribution in [0.15, 0.2) is 58.8 Å². The van der Waals surface area contributed by atoms with Gasteiger partial charge >= 0.3 is 5.97 Å². The highest BCUT2D eigenvalue weighted by Crippen LogP contribution is 2.34. The quantitative estimate of drug-likeness (QED) is 0.237. The van der Waals surface area contributed by atoms with E-state index in [4.69, 9.17) is 0 Å². The van der Waals surface area contributed by atoms with Crippen LogP contribution in [0.1, 0.15) is 43.2 Å². The van der Waals surface area contributed by atoms with Crippen molar-refractivity contribution in [2.75, 3.05) is 11.4 Å². The maximum atomic E-state index is 11.5. The van der Waals surface area contributed by atoms with Crippen LogP contribution in [0.25, 0.3) is 5.69 Å². The summed E-state index contributed by atoms with van der Waals surface area (Å²) in [6, 6.07) is 8.24. The Morgan fingerprint density at radius 1 is 1.19 bits per heavy atom. The van der Waals surface area contributed by atoms with Gasteiger partial charge in [-0.1, -0.05) is 30.8 Å². The Morgan fingerprint density at radius 3 is 2.62 bits per heavy atom. The summed E-state index contributed by atoms with van der Waals surface area (Å²) in [4.78, 5) is 27.5. The van der Waals surface area contributed by atoms with Crippen LogP contribution in [0.5, 0.6) is 0 Å². The molecule has 3 heterocycles. The van der Waals surface area contributed by atoms with Crippen molar-refractivity contribution in [2.24, 2.45) is 0 Å². The zero-order valence-electron chi connectivity index (χ0n) is 21.3. The van der Waals surface area contributed by atoms with Crippen LogP contribution in [-0.2, 0) is 24.2 Å². The van der Waals surface area contributed by atoms with Crippen molar-refractivity contribution >= 4 is 47.4 Å². The highest BCUT2D eigenvalue weighted by atomic mass is 35.5. The minimum atomic E-state index is -0.923. The molecule has 0 amide bonds. The van der Waals surface area contributed by atoms with Gasteiger partial charge in [-0.25, -0.2) is 19.6 Å². The van der Waals surface area contributed by atoms with Crippen molar-refractivity contribution in [2.45, 2.75) is 56.2 Å². The zero-order valence-corrected chi connectivity index (χ0v) is 23.7. The zero-order chi connectivity index (χ0) is 25.7. The summed E-state index contributed by atoms with van der Waals surface area (Å²) in [6.45, 7) is 8.80. The highest BCUT2D eigenvalue weighted by Gasteiger charge is 2.29. The van der Waals surface area contributed by atoms with E-state index in [1.807, 2.05) is 47.0 Å². The molecule has 4 aromatic rings. The Balaban J connectivity index is 0.00000380. The molecule has 0 spiro atoms. The molecule has 37 heavy (non-hydrogen) atoms. The molecule has 0 aliphatic heterocycles. The number of anilines is 1. The Morgan fingerprint density at radius 2 is 1.95 bits per heavy atom. The second kappa shape index (κ2) is 12.5. The van der Waals surface area contributed by atoms with Gasteiger partial charge in [0.15, 0.2) is 4.34 Å². The molecule has 0 atom stereocenters. The fourth-order valence-electron chi connectivity index (χ4n) is 3.48. The van der Waals surface area contributed by atoms with Gasteiger partial charge in [0.2, 0.25) is 5.95 Å². The number of carboxylic acids is 1. The van der Waals surface area contributed by atoms with E-state index < -0.39 is 10.7 Å². The number of hydrogen-bond donors (Lipinski definition) is 1. The first-order valence-electron chi connectivity index (χ1n) is 11.8. The lowest BCUT2D eigenvalue weighted by atomic mass is 10.2. The van der Waals surface area contributed by atoms with E-state index in [9.17, 15) is 9.90 Å². The van der Waals surface area contributed by atoms with Crippen LogP contribution in [0.2, 0.25) is 0 Å². The molecule has 11 heteroatoms. The van der Waals surface area contributed by atoms with E-state index in [1.54, 1.807) is 13.8 Å². The summed E-state index contributed by atoms with van der Waals surface area (Å²) in [5.41, 5.74) is 5.27. The SMILES string of the molecule is CCc1cnc(N(CCc2csc(SC(C)(C)C(=O)O)n2)Cc2cnn(-c3cccc(C)c3)c2)nc1.Cl. The van der Waals surface area contributed by atoms with Crippen LogP contribution in [-0.4, -0.2) is 47.1 Å². The van der Waals surface area contributed by atoms with E-state index in [1.165, 1.54) is 28.7 Å². The summed E-state index contributed by atoms with van der Waals surface area (Å²) >= 11 is 2.75. The van der Waals surface area contributed by atoms with Crippen LogP contribution < -0.4 is 4.90 Å². The van der Waals surface area contributed by atoms with Gasteiger partial charge < -0.3 is 10.0 Å². The summed E-state index contributed by atoms with van der Waals surface area (Å²) < 4.78 is 1.72. The molecule has 0 radical (unpaired) electrons. The first kappa shape index (κ1) is 28.6. The van der Waals surface area contributed by atoms with E-state index in [-0.39, 0.29) is 12.4 Å². The molecule has 1 aromatic carbocycles. The number of thiazole rings is 1. The Kier molecular flexibility index (Phi) is 9.69. The number of rotatable bonds is 11. The predicted molar refractivity (Wildman–Crippen MR) is 151 cm³/mol. The smallest absolute Gasteiger partial charge is 0.319 e. The molecular formula is C26H31ClN6O2S2. The Hall–Kier alpha value is -2.95. The molecule has 4 rings (SSSR count). The molecule has 0 aliphatic rings. The minimum absolute atomic E-state index is 0. The van der Waals surface area contributed by atoms with Crippen molar-refractivity contribution in [1.29, 1.82) is 0 Å². The molecule has 8 nitrogen and oxygen atoms in total. The lowest BCUT2D eigenvalue weighted by Crippen LogP contribution is -2.27. The number of hydrogen-bond acceptors (Lipinski definition) is 8. The number of aliphatic carboxylic acids is 1. The van der Waals surface area contributed by atoms with Crippen LogP contribution >= 0.6 is 35.5 Å². The van der Waals surface area contributed by atoms with E-state index in [2.05, 4.69) is 50.9 Å². The number of nitrogens with zero attached hydrogens (tertiary/aromatic N) is 6. The Bertz CT molecular complexity index is 1320. The van der Waals surface area contributed by atoms with E-state index in [0.717, 1.165) is 33.3 Å². The normalized spacial score (nSPS) is 11.2. The van der Waals surface area contributed by atoms with Crippen molar-refractivity contribution in [3.63, 3.8) is 0 Å². The second-order valence-corrected chi connectivity index (χ2v) is 11.8. The van der Waals surface area contributed by atoms with Crippen molar-refractivity contribution in [3.8, 4) is 5.69 Å². The van der Waals surface area contributed by atoms with Gasteiger partial charge in [0.05, 0.1) is 17.6 Å². The van der Waals surface area contributed by atoms with Gasteiger partial charge in [0.1, 0.15) is 4.75 Å². The number of aromatic nitrogens is 5. The molecule has 196 valence electrons. The summed E-state index contributed by atoms with van der Waals surface area (Å²) in [5.74, 6) is -0.193. The largest absolute Gasteiger partial charge is 0.480 e. The van der Waals surface area contributed by atoms with E-state index in [0.29, 0.717) is 25.5 Å². The molecular weight excluding hydrogens is 528 g/mol. The van der Waals surface area contributed by atoms with Crippen molar-refractivity contribution < 1.29 is 9.90 Å². The first-order valence-corrected chi connectivity index (χ1v) is 13.5. The van der Waals surface area contributed by atoms with Gasteiger partial charge in [0, 0.05) is 49.0 Å². The maximum absolute atomic E-state index is 11.5. The standard InChI is InChI=1S/C26H30N6O2S2.ClH/c1-5-19-12-27-24(28-13-19)31(10-9-21-17-35-25(30-21)36-26(3,4)23(33)34)15-20-14-29-32(16-20)22-8-6-7-18(2)11-22;/h6-8,11-14,16-17H,5,9-10,15H2,1-4H3,(H,33,34);1H. The number of aryl methyl sites for hydroxylation is 2. The van der Waals surface area contributed by atoms with Crippen LogP contribution in [0.4, 0.5) is 5.95 Å². The average Bonchev–Trinajstić information content (AvgIpc) is 3.51. The molecule has 0 unspecified atom stereocenters.